The van der Waals surface area contributed by atoms with Crippen LogP contribution in [0.15, 0.2) is 18.2 Å². The highest BCUT2D eigenvalue weighted by Gasteiger charge is 2.13. The number of hydrogen-bond donors (Lipinski definition) is 1. The van der Waals surface area contributed by atoms with Gasteiger partial charge in [-0.1, -0.05) is 12.1 Å². The number of para-hydroxylation sites is 1. The summed E-state index contributed by atoms with van der Waals surface area (Å²) in [5.74, 6) is -0.902. The number of aryl methyl sites for hydroxylation is 1. The van der Waals surface area contributed by atoms with Crippen molar-refractivity contribution in [1.82, 2.24) is 0 Å². The van der Waals surface area contributed by atoms with Crippen molar-refractivity contribution in [1.29, 1.82) is 0 Å². The molecule has 3 nitrogen and oxygen atoms in total. The number of benzene rings is 1. The third-order valence-electron chi connectivity index (χ3n) is 1.86. The van der Waals surface area contributed by atoms with E-state index in [9.17, 15) is 13.6 Å². The average molecular weight is 342 g/mol. The number of ether oxygens (including phenoxy) is 1. The molecule has 0 saturated heterocycles. The van der Waals surface area contributed by atoms with Gasteiger partial charge in [0.15, 0.2) is 0 Å². The van der Waals surface area contributed by atoms with E-state index in [1.54, 1.807) is 18.2 Å². The number of aliphatic carboxylic acids is 1. The predicted octanol–water partition coefficient (Wildman–Crippen LogP) is 2.91. The summed E-state index contributed by atoms with van der Waals surface area (Å²) in [5, 5.41) is 8.53. The second kappa shape index (κ2) is 5.97. The van der Waals surface area contributed by atoms with Gasteiger partial charge in [-0.15, -0.1) is 0 Å². The van der Waals surface area contributed by atoms with Crippen molar-refractivity contribution in [2.24, 2.45) is 0 Å². The number of halogens is 3. The lowest BCUT2D eigenvalue weighted by molar-refractivity contribution is -0.136. The van der Waals surface area contributed by atoms with Gasteiger partial charge in [0.25, 0.3) is 0 Å². The van der Waals surface area contributed by atoms with Gasteiger partial charge in [-0.3, -0.25) is 4.79 Å². The van der Waals surface area contributed by atoms with E-state index in [1.807, 2.05) is 22.6 Å². The van der Waals surface area contributed by atoms with Gasteiger partial charge in [0.1, 0.15) is 5.75 Å². The SMILES string of the molecule is O=C(O)CCc1cccc(I)c1OC(F)F. The van der Waals surface area contributed by atoms with E-state index in [-0.39, 0.29) is 18.6 Å². The molecule has 1 N–H and O–H groups in total. The fourth-order valence-electron chi connectivity index (χ4n) is 1.21. The number of rotatable bonds is 5. The Kier molecular flexibility index (Phi) is 4.91. The molecule has 0 atom stereocenters. The van der Waals surface area contributed by atoms with Crippen LogP contribution in [0.1, 0.15) is 12.0 Å². The van der Waals surface area contributed by atoms with Crippen LogP contribution in [0.4, 0.5) is 8.78 Å². The molecule has 1 aromatic rings. The van der Waals surface area contributed by atoms with Gasteiger partial charge < -0.3 is 9.84 Å². The van der Waals surface area contributed by atoms with E-state index >= 15 is 0 Å². The second-order valence-corrected chi connectivity index (χ2v) is 4.16. The quantitative estimate of drug-likeness (QED) is 0.837. The molecular formula is C10H9F2IO3. The molecule has 0 unspecified atom stereocenters. The monoisotopic (exact) mass is 342 g/mol. The zero-order chi connectivity index (χ0) is 12.1. The van der Waals surface area contributed by atoms with E-state index in [0.717, 1.165) is 0 Å². The first kappa shape index (κ1) is 13.1. The molecule has 0 aromatic heterocycles. The zero-order valence-corrected chi connectivity index (χ0v) is 10.3. The minimum Gasteiger partial charge on any atom is -0.481 e. The lowest BCUT2D eigenvalue weighted by atomic mass is 10.1. The highest BCUT2D eigenvalue weighted by atomic mass is 127. The lowest BCUT2D eigenvalue weighted by Gasteiger charge is -2.11. The van der Waals surface area contributed by atoms with Crippen molar-refractivity contribution < 1.29 is 23.4 Å². The van der Waals surface area contributed by atoms with E-state index < -0.39 is 12.6 Å². The molecule has 0 heterocycles. The second-order valence-electron chi connectivity index (χ2n) is 3.00. The fourth-order valence-corrected chi connectivity index (χ4v) is 1.89. The molecule has 0 fully saturated rings. The van der Waals surface area contributed by atoms with E-state index in [1.165, 1.54) is 0 Å². The topological polar surface area (TPSA) is 46.5 Å². The van der Waals surface area contributed by atoms with Crippen molar-refractivity contribution in [2.75, 3.05) is 0 Å². The normalized spacial score (nSPS) is 10.5. The van der Waals surface area contributed by atoms with Crippen molar-refractivity contribution in [3.63, 3.8) is 0 Å². The van der Waals surface area contributed by atoms with Crippen LogP contribution >= 0.6 is 22.6 Å². The van der Waals surface area contributed by atoms with Crippen molar-refractivity contribution >= 4 is 28.6 Å². The Morgan fingerprint density at radius 1 is 1.50 bits per heavy atom. The molecule has 1 aromatic carbocycles. The summed E-state index contributed by atoms with van der Waals surface area (Å²) in [6.07, 6.45) is 0.0634. The fraction of sp³-hybridized carbons (Fsp3) is 0.300. The first-order chi connectivity index (χ1) is 7.50. The van der Waals surface area contributed by atoms with Crippen LogP contribution in [0.25, 0.3) is 0 Å². The molecule has 6 heteroatoms. The summed E-state index contributed by atoms with van der Waals surface area (Å²) in [6, 6.07) is 4.89. The zero-order valence-electron chi connectivity index (χ0n) is 8.12. The minimum atomic E-state index is -2.90. The Morgan fingerprint density at radius 2 is 2.19 bits per heavy atom. The molecular weight excluding hydrogens is 333 g/mol. The van der Waals surface area contributed by atoms with E-state index in [0.29, 0.717) is 9.13 Å². The third-order valence-corrected chi connectivity index (χ3v) is 2.71. The van der Waals surface area contributed by atoms with Crippen molar-refractivity contribution in [2.45, 2.75) is 19.5 Å². The molecule has 88 valence electrons. The predicted molar refractivity (Wildman–Crippen MR) is 61.7 cm³/mol. The summed E-state index contributed by atoms with van der Waals surface area (Å²) in [4.78, 5) is 10.4. The summed E-state index contributed by atoms with van der Waals surface area (Å²) < 4.78 is 29.2. The lowest BCUT2D eigenvalue weighted by Crippen LogP contribution is -2.07. The smallest absolute Gasteiger partial charge is 0.387 e. The Bertz CT molecular complexity index is 382. The van der Waals surface area contributed by atoms with E-state index in [2.05, 4.69) is 4.74 Å². The largest absolute Gasteiger partial charge is 0.481 e. The maximum Gasteiger partial charge on any atom is 0.387 e. The van der Waals surface area contributed by atoms with E-state index in [4.69, 9.17) is 5.11 Å². The van der Waals surface area contributed by atoms with Crippen LogP contribution in [-0.2, 0) is 11.2 Å². The molecule has 0 radical (unpaired) electrons. The molecule has 16 heavy (non-hydrogen) atoms. The average Bonchev–Trinajstić information content (AvgIpc) is 2.18. The standard InChI is InChI=1S/C10H9F2IO3/c11-10(12)16-9-6(4-5-8(14)15)2-1-3-7(9)13/h1-3,10H,4-5H2,(H,14,15). The Hall–Kier alpha value is -0.920. The van der Waals surface area contributed by atoms with Crippen LogP contribution < -0.4 is 4.74 Å². The van der Waals surface area contributed by atoms with Crippen molar-refractivity contribution in [3.8, 4) is 5.75 Å². The van der Waals surface area contributed by atoms with Crippen LogP contribution in [-0.4, -0.2) is 17.7 Å². The highest BCUT2D eigenvalue weighted by Crippen LogP contribution is 2.28. The molecule has 0 aliphatic carbocycles. The van der Waals surface area contributed by atoms with Gasteiger partial charge in [0.2, 0.25) is 0 Å². The summed E-state index contributed by atoms with van der Waals surface area (Å²) in [6.45, 7) is -2.90. The number of hydrogen-bond acceptors (Lipinski definition) is 2. The molecule has 0 aliphatic rings. The number of carboxylic acid groups (broad SMARTS) is 1. The first-order valence-corrected chi connectivity index (χ1v) is 5.52. The Labute approximate surface area is 105 Å². The number of alkyl halides is 2. The van der Waals surface area contributed by atoms with Gasteiger partial charge in [0.05, 0.1) is 3.57 Å². The molecule has 0 bridgehead atoms. The van der Waals surface area contributed by atoms with Crippen LogP contribution in [0.2, 0.25) is 0 Å². The first-order valence-electron chi connectivity index (χ1n) is 4.44. The number of carboxylic acids is 1. The Balaban J connectivity index is 2.89. The molecule has 0 aliphatic heterocycles. The minimum absolute atomic E-state index is 0.0688. The highest BCUT2D eigenvalue weighted by molar-refractivity contribution is 14.1. The molecule has 0 amide bonds. The summed E-state index contributed by atoms with van der Waals surface area (Å²) >= 11 is 1.87. The molecule has 0 spiro atoms. The van der Waals surface area contributed by atoms with Crippen LogP contribution in [0, 0.1) is 3.57 Å². The van der Waals surface area contributed by atoms with Gasteiger partial charge in [-0.2, -0.15) is 8.78 Å². The van der Waals surface area contributed by atoms with Crippen LogP contribution in [0.3, 0.4) is 0 Å². The summed E-state index contributed by atoms with van der Waals surface area (Å²) in [7, 11) is 0. The third kappa shape index (κ3) is 3.92. The molecule has 1 rings (SSSR count). The van der Waals surface area contributed by atoms with Gasteiger partial charge >= 0.3 is 12.6 Å². The number of carbonyl (C=O) groups is 1. The van der Waals surface area contributed by atoms with Gasteiger partial charge in [-0.25, -0.2) is 0 Å². The molecule has 0 saturated carbocycles. The summed E-state index contributed by atoms with van der Waals surface area (Å²) in [5.41, 5.74) is 0.481. The maximum absolute atomic E-state index is 12.1. The van der Waals surface area contributed by atoms with Crippen molar-refractivity contribution in [3.05, 3.63) is 27.3 Å². The Morgan fingerprint density at radius 3 is 2.75 bits per heavy atom. The van der Waals surface area contributed by atoms with Gasteiger partial charge in [-0.05, 0) is 40.6 Å². The maximum atomic E-state index is 12.1. The van der Waals surface area contributed by atoms with Gasteiger partial charge in [0, 0.05) is 6.42 Å². The van der Waals surface area contributed by atoms with Crippen LogP contribution in [0.5, 0.6) is 5.75 Å².